The second kappa shape index (κ2) is 6.61. The second-order valence-electron chi connectivity index (χ2n) is 6.05. The average molecular weight is 316 g/mol. The van der Waals surface area contributed by atoms with Crippen LogP contribution in [0.15, 0.2) is 36.4 Å². The van der Waals surface area contributed by atoms with Gasteiger partial charge in [0.2, 0.25) is 0 Å². The van der Waals surface area contributed by atoms with E-state index in [1.54, 1.807) is 12.1 Å². The number of fused-ring (bicyclic) bond motifs is 1. The molecule has 0 atom stereocenters. The van der Waals surface area contributed by atoms with Crippen LogP contribution >= 0.6 is 0 Å². The van der Waals surface area contributed by atoms with E-state index in [9.17, 15) is 13.2 Å². The lowest BCUT2D eigenvalue weighted by Gasteiger charge is -2.19. The van der Waals surface area contributed by atoms with Gasteiger partial charge in [0, 0.05) is 11.6 Å². The summed E-state index contributed by atoms with van der Waals surface area (Å²) in [5.41, 5.74) is 3.43. The van der Waals surface area contributed by atoms with Crippen LogP contribution in [0.5, 0.6) is 0 Å². The first-order valence-corrected chi connectivity index (χ1v) is 8.03. The van der Waals surface area contributed by atoms with Gasteiger partial charge in [0.25, 0.3) is 0 Å². The number of halogens is 3. The Morgan fingerprint density at radius 2 is 1.83 bits per heavy atom. The Labute approximate surface area is 134 Å². The van der Waals surface area contributed by atoms with E-state index >= 15 is 0 Å². The Balaban J connectivity index is 1.87. The fourth-order valence-electron chi connectivity index (χ4n) is 3.11. The second-order valence-corrected chi connectivity index (χ2v) is 6.05. The lowest BCUT2D eigenvalue weighted by molar-refractivity contribution is 0.571. The molecule has 3 rings (SSSR count). The summed E-state index contributed by atoms with van der Waals surface area (Å²) < 4.78 is 41.6. The summed E-state index contributed by atoms with van der Waals surface area (Å²) in [4.78, 5) is 0. The van der Waals surface area contributed by atoms with Crippen LogP contribution in [0.25, 0.3) is 5.57 Å². The molecule has 1 aliphatic carbocycles. The minimum absolute atomic E-state index is 0.259. The van der Waals surface area contributed by atoms with E-state index in [-0.39, 0.29) is 5.82 Å². The van der Waals surface area contributed by atoms with Crippen LogP contribution in [-0.4, -0.2) is 0 Å². The molecule has 0 fully saturated rings. The third-order valence-electron chi connectivity index (χ3n) is 4.38. The minimum atomic E-state index is -0.585. The van der Waals surface area contributed by atoms with E-state index in [2.05, 4.69) is 6.92 Å². The number of hydrogen-bond donors (Lipinski definition) is 0. The van der Waals surface area contributed by atoms with Crippen molar-refractivity contribution in [1.82, 2.24) is 0 Å². The van der Waals surface area contributed by atoms with Crippen LogP contribution in [0, 0.1) is 17.5 Å². The van der Waals surface area contributed by atoms with Crippen LogP contribution in [0.3, 0.4) is 0 Å². The normalized spacial score (nSPS) is 13.7. The van der Waals surface area contributed by atoms with Crippen molar-refractivity contribution >= 4 is 5.57 Å². The molecule has 0 radical (unpaired) electrons. The van der Waals surface area contributed by atoms with Crippen molar-refractivity contribution in [3.05, 3.63) is 76.1 Å². The van der Waals surface area contributed by atoms with Crippen LogP contribution in [-0.2, 0) is 19.3 Å². The van der Waals surface area contributed by atoms with E-state index in [1.165, 1.54) is 6.07 Å². The first kappa shape index (κ1) is 15.9. The summed E-state index contributed by atoms with van der Waals surface area (Å²) in [5, 5.41) is 0. The number of aryl methyl sites for hydroxylation is 1. The third kappa shape index (κ3) is 3.34. The van der Waals surface area contributed by atoms with Gasteiger partial charge in [-0.3, -0.25) is 0 Å². The van der Waals surface area contributed by atoms with Crippen molar-refractivity contribution < 1.29 is 13.2 Å². The molecule has 2 aromatic rings. The molecule has 0 unspecified atom stereocenters. The molecule has 0 aromatic heterocycles. The number of benzene rings is 2. The molecular weight excluding hydrogens is 297 g/mol. The summed E-state index contributed by atoms with van der Waals surface area (Å²) in [7, 11) is 0. The molecule has 0 saturated heterocycles. The third-order valence-corrected chi connectivity index (χ3v) is 4.38. The van der Waals surface area contributed by atoms with Crippen LogP contribution in [0.1, 0.15) is 42.0 Å². The van der Waals surface area contributed by atoms with Gasteiger partial charge in [0.15, 0.2) is 0 Å². The highest BCUT2D eigenvalue weighted by Gasteiger charge is 2.19. The molecule has 1 aliphatic rings. The zero-order chi connectivity index (χ0) is 16.4. The molecule has 0 aliphatic heterocycles. The average Bonchev–Trinajstić information content (AvgIpc) is 2.52. The van der Waals surface area contributed by atoms with Crippen molar-refractivity contribution in [2.45, 2.75) is 39.0 Å². The first-order chi connectivity index (χ1) is 11.1. The smallest absolute Gasteiger partial charge is 0.130 e. The molecule has 23 heavy (non-hydrogen) atoms. The largest absolute Gasteiger partial charge is 0.207 e. The standard InChI is InChI=1S/C20H19F3/c1-2-3-4-13-5-7-17(19(22)9-13)14-6-8-18-15(10-14)11-16(21)12-20(18)23/h5-7,9,11-12H,2-4,8,10H2,1H3. The van der Waals surface area contributed by atoms with Gasteiger partial charge < -0.3 is 0 Å². The van der Waals surface area contributed by atoms with E-state index in [0.717, 1.165) is 36.5 Å². The van der Waals surface area contributed by atoms with Crippen molar-refractivity contribution in [1.29, 1.82) is 0 Å². The molecule has 0 heterocycles. The molecule has 120 valence electrons. The van der Waals surface area contributed by atoms with E-state index in [1.807, 2.05) is 12.1 Å². The number of unbranched alkanes of at least 4 members (excludes halogenated alkanes) is 1. The number of hydrogen-bond acceptors (Lipinski definition) is 0. The number of rotatable bonds is 4. The highest BCUT2D eigenvalue weighted by Crippen LogP contribution is 2.31. The van der Waals surface area contributed by atoms with E-state index < -0.39 is 11.6 Å². The highest BCUT2D eigenvalue weighted by atomic mass is 19.1. The summed E-state index contributed by atoms with van der Waals surface area (Å²) in [6, 6.07) is 7.55. The zero-order valence-electron chi connectivity index (χ0n) is 13.1. The monoisotopic (exact) mass is 316 g/mol. The minimum Gasteiger partial charge on any atom is -0.207 e. The molecule has 0 bridgehead atoms. The van der Waals surface area contributed by atoms with Crippen LogP contribution in [0.4, 0.5) is 13.2 Å². The predicted octanol–water partition coefficient (Wildman–Crippen LogP) is 5.63. The summed E-state index contributed by atoms with van der Waals surface area (Å²) in [6.07, 6.45) is 5.54. The summed E-state index contributed by atoms with van der Waals surface area (Å²) >= 11 is 0. The number of allylic oxidation sites excluding steroid dienone is 2. The van der Waals surface area contributed by atoms with Gasteiger partial charge in [-0.05, 0) is 60.1 Å². The van der Waals surface area contributed by atoms with Crippen molar-refractivity contribution in [3.63, 3.8) is 0 Å². The van der Waals surface area contributed by atoms with Gasteiger partial charge in [-0.15, -0.1) is 0 Å². The maximum absolute atomic E-state index is 14.4. The van der Waals surface area contributed by atoms with Gasteiger partial charge in [0.05, 0.1) is 0 Å². The SMILES string of the molecule is CCCCc1ccc(C2=CCc3c(F)cc(F)cc3C2)c(F)c1. The molecule has 0 nitrogen and oxygen atoms in total. The summed E-state index contributed by atoms with van der Waals surface area (Å²) in [5.74, 6) is -1.37. The van der Waals surface area contributed by atoms with Gasteiger partial charge >= 0.3 is 0 Å². The Bertz CT molecular complexity index is 760. The van der Waals surface area contributed by atoms with Crippen LogP contribution < -0.4 is 0 Å². The molecule has 0 saturated carbocycles. The molecule has 3 heteroatoms. The fraction of sp³-hybridized carbons (Fsp3) is 0.300. The highest BCUT2D eigenvalue weighted by molar-refractivity contribution is 5.71. The fourth-order valence-corrected chi connectivity index (χ4v) is 3.11. The van der Waals surface area contributed by atoms with Gasteiger partial charge in [0.1, 0.15) is 17.5 Å². The van der Waals surface area contributed by atoms with Crippen molar-refractivity contribution in [2.75, 3.05) is 0 Å². The Morgan fingerprint density at radius 1 is 1.00 bits per heavy atom. The Hall–Kier alpha value is -2.03. The lowest BCUT2D eigenvalue weighted by atomic mass is 9.87. The lowest BCUT2D eigenvalue weighted by Crippen LogP contribution is -2.07. The van der Waals surface area contributed by atoms with E-state index in [4.69, 9.17) is 0 Å². The zero-order valence-corrected chi connectivity index (χ0v) is 13.1. The molecular formula is C20H19F3. The van der Waals surface area contributed by atoms with Crippen LogP contribution in [0.2, 0.25) is 0 Å². The van der Waals surface area contributed by atoms with Crippen molar-refractivity contribution in [3.8, 4) is 0 Å². The quantitative estimate of drug-likeness (QED) is 0.686. The predicted molar refractivity (Wildman–Crippen MR) is 86.8 cm³/mol. The Morgan fingerprint density at radius 3 is 2.57 bits per heavy atom. The van der Waals surface area contributed by atoms with Gasteiger partial charge in [-0.25, -0.2) is 13.2 Å². The van der Waals surface area contributed by atoms with Gasteiger partial charge in [-0.2, -0.15) is 0 Å². The topological polar surface area (TPSA) is 0 Å². The molecule has 2 aromatic carbocycles. The van der Waals surface area contributed by atoms with E-state index in [0.29, 0.717) is 29.5 Å². The van der Waals surface area contributed by atoms with Gasteiger partial charge in [-0.1, -0.05) is 31.6 Å². The first-order valence-electron chi connectivity index (χ1n) is 8.03. The van der Waals surface area contributed by atoms with Crippen molar-refractivity contribution in [2.24, 2.45) is 0 Å². The summed E-state index contributed by atoms with van der Waals surface area (Å²) in [6.45, 7) is 2.10. The molecule has 0 N–H and O–H groups in total. The Kier molecular flexibility index (Phi) is 4.56. The molecule has 0 amide bonds. The molecule has 0 spiro atoms. The maximum atomic E-state index is 14.4. The maximum Gasteiger partial charge on any atom is 0.130 e.